The van der Waals surface area contributed by atoms with Crippen LogP contribution in [0.4, 0.5) is 4.39 Å². The second-order valence-electron chi connectivity index (χ2n) is 4.54. The van der Waals surface area contributed by atoms with E-state index in [4.69, 9.17) is 27.9 Å². The van der Waals surface area contributed by atoms with Crippen molar-refractivity contribution in [2.24, 2.45) is 0 Å². The Morgan fingerprint density at radius 3 is 2.90 bits per heavy atom. The van der Waals surface area contributed by atoms with Crippen LogP contribution in [-0.2, 0) is 24.2 Å². The Kier molecular flexibility index (Phi) is 3.87. The molecule has 1 aromatic carbocycles. The van der Waals surface area contributed by atoms with Gasteiger partial charge in [-0.25, -0.2) is 14.4 Å². The van der Waals surface area contributed by atoms with Crippen molar-refractivity contribution in [1.82, 2.24) is 9.97 Å². The molecular weight excluding hydrogens is 302 g/mol. The van der Waals surface area contributed by atoms with Crippen LogP contribution in [0.5, 0.6) is 0 Å². The molecule has 1 aliphatic rings. The van der Waals surface area contributed by atoms with E-state index in [1.165, 1.54) is 6.07 Å². The number of nitrogens with zero attached hydrogens (tertiary/aromatic N) is 2. The van der Waals surface area contributed by atoms with Gasteiger partial charge in [-0.2, -0.15) is 0 Å². The first kappa shape index (κ1) is 13.7. The van der Waals surface area contributed by atoms with Crippen LogP contribution < -0.4 is 0 Å². The zero-order valence-electron chi connectivity index (χ0n) is 10.5. The molecule has 0 aliphatic carbocycles. The molecule has 1 aromatic heterocycles. The highest BCUT2D eigenvalue weighted by molar-refractivity contribution is 6.31. The lowest BCUT2D eigenvalue weighted by Gasteiger charge is -2.17. The molecule has 3 rings (SSSR count). The molecule has 0 fully saturated rings. The lowest BCUT2D eigenvalue weighted by atomic mass is 10.1. The van der Waals surface area contributed by atoms with Crippen LogP contribution in [0.25, 0.3) is 0 Å². The number of hydrogen-bond donors (Lipinski definition) is 0. The van der Waals surface area contributed by atoms with E-state index in [1.807, 2.05) is 0 Å². The van der Waals surface area contributed by atoms with Crippen LogP contribution in [0.2, 0.25) is 10.2 Å². The fraction of sp³-hybridized carbons (Fsp3) is 0.286. The molecule has 0 N–H and O–H groups in total. The highest BCUT2D eigenvalue weighted by Crippen LogP contribution is 2.25. The Morgan fingerprint density at radius 2 is 2.10 bits per heavy atom. The number of hydrogen-bond acceptors (Lipinski definition) is 3. The van der Waals surface area contributed by atoms with Gasteiger partial charge in [-0.05, 0) is 12.1 Å². The summed E-state index contributed by atoms with van der Waals surface area (Å²) < 4.78 is 19.1. The quantitative estimate of drug-likeness (QED) is 0.795. The Labute approximate surface area is 125 Å². The minimum Gasteiger partial charge on any atom is -0.376 e. The maximum atomic E-state index is 13.8. The predicted molar refractivity (Wildman–Crippen MR) is 74.6 cm³/mol. The fourth-order valence-corrected chi connectivity index (χ4v) is 2.67. The van der Waals surface area contributed by atoms with Gasteiger partial charge in [0.25, 0.3) is 0 Å². The summed E-state index contributed by atoms with van der Waals surface area (Å²) in [5.41, 5.74) is 2.08. The highest BCUT2D eigenvalue weighted by atomic mass is 35.5. The molecule has 0 spiro atoms. The molecular formula is C14H11Cl2FN2O. The summed E-state index contributed by atoms with van der Waals surface area (Å²) in [6.45, 7) is 1.04. The lowest BCUT2D eigenvalue weighted by Crippen LogP contribution is -2.15. The average molecular weight is 313 g/mol. The van der Waals surface area contributed by atoms with E-state index >= 15 is 0 Å². The van der Waals surface area contributed by atoms with Crippen LogP contribution >= 0.6 is 23.2 Å². The summed E-state index contributed by atoms with van der Waals surface area (Å²) >= 11 is 12.1. The van der Waals surface area contributed by atoms with Crippen LogP contribution in [0.15, 0.2) is 18.2 Å². The summed E-state index contributed by atoms with van der Waals surface area (Å²) in [6, 6.07) is 4.59. The first-order valence-electron chi connectivity index (χ1n) is 6.20. The van der Waals surface area contributed by atoms with Crippen molar-refractivity contribution in [1.29, 1.82) is 0 Å². The highest BCUT2D eigenvalue weighted by Gasteiger charge is 2.18. The molecule has 0 saturated heterocycles. The minimum atomic E-state index is -0.363. The van der Waals surface area contributed by atoms with E-state index in [0.717, 1.165) is 11.3 Å². The number of halogens is 3. The molecule has 104 valence electrons. The topological polar surface area (TPSA) is 35.0 Å². The number of ether oxygens (including phenoxy) is 1. The maximum Gasteiger partial charge on any atom is 0.138 e. The molecule has 6 heteroatoms. The van der Waals surface area contributed by atoms with E-state index in [2.05, 4.69) is 9.97 Å². The van der Waals surface area contributed by atoms with Crippen molar-refractivity contribution in [3.63, 3.8) is 0 Å². The number of fused-ring (bicyclic) bond motifs is 1. The second-order valence-corrected chi connectivity index (χ2v) is 5.30. The Bertz CT molecular complexity index is 644. The molecule has 2 heterocycles. The van der Waals surface area contributed by atoms with Gasteiger partial charge in [-0.3, -0.25) is 0 Å². The molecule has 3 nitrogen and oxygen atoms in total. The van der Waals surface area contributed by atoms with Crippen molar-refractivity contribution < 1.29 is 9.13 Å². The van der Waals surface area contributed by atoms with Crippen molar-refractivity contribution in [2.75, 3.05) is 6.61 Å². The first-order valence-corrected chi connectivity index (χ1v) is 6.95. The summed E-state index contributed by atoms with van der Waals surface area (Å²) in [4.78, 5) is 8.66. The standard InChI is InChI=1S/C14H11Cl2FN2O/c15-10-2-1-3-11(17)8(10)6-13-18-12-4-5-20-7-9(12)14(16)19-13/h1-3H,4-7H2. The van der Waals surface area contributed by atoms with Gasteiger partial charge in [0.15, 0.2) is 0 Å². The third-order valence-corrected chi connectivity index (χ3v) is 3.88. The summed E-state index contributed by atoms with van der Waals surface area (Å²) in [5, 5.41) is 0.739. The Balaban J connectivity index is 1.97. The zero-order valence-corrected chi connectivity index (χ0v) is 12.0. The second kappa shape index (κ2) is 5.64. The monoisotopic (exact) mass is 312 g/mol. The average Bonchev–Trinajstić information content (AvgIpc) is 2.43. The molecule has 0 saturated carbocycles. The minimum absolute atomic E-state index is 0.222. The third kappa shape index (κ3) is 2.64. The molecule has 2 aromatic rings. The molecule has 0 unspecified atom stereocenters. The summed E-state index contributed by atoms with van der Waals surface area (Å²) in [7, 11) is 0. The number of benzene rings is 1. The largest absolute Gasteiger partial charge is 0.376 e. The van der Waals surface area contributed by atoms with Crippen molar-refractivity contribution >= 4 is 23.2 Å². The normalized spacial score (nSPS) is 14.2. The number of aromatic nitrogens is 2. The lowest BCUT2D eigenvalue weighted by molar-refractivity contribution is 0.109. The zero-order chi connectivity index (χ0) is 14.1. The van der Waals surface area contributed by atoms with E-state index in [-0.39, 0.29) is 12.2 Å². The van der Waals surface area contributed by atoms with Crippen molar-refractivity contribution in [3.8, 4) is 0 Å². The smallest absolute Gasteiger partial charge is 0.138 e. The van der Waals surface area contributed by atoms with Gasteiger partial charge >= 0.3 is 0 Å². The summed E-state index contributed by atoms with van der Waals surface area (Å²) in [5.74, 6) is 0.112. The summed E-state index contributed by atoms with van der Waals surface area (Å²) in [6.07, 6.45) is 0.912. The van der Waals surface area contributed by atoms with Gasteiger partial charge in [0.2, 0.25) is 0 Å². The molecule has 0 atom stereocenters. The molecule has 0 bridgehead atoms. The van der Waals surface area contributed by atoms with Gasteiger partial charge in [-0.1, -0.05) is 29.3 Å². The van der Waals surface area contributed by atoms with Gasteiger partial charge in [-0.15, -0.1) is 0 Å². The fourth-order valence-electron chi connectivity index (χ4n) is 2.18. The van der Waals surface area contributed by atoms with E-state index in [1.54, 1.807) is 12.1 Å². The Hall–Kier alpha value is -1.23. The molecule has 0 amide bonds. The van der Waals surface area contributed by atoms with E-state index < -0.39 is 0 Å². The van der Waals surface area contributed by atoms with Crippen LogP contribution in [0.1, 0.15) is 22.6 Å². The van der Waals surface area contributed by atoms with Gasteiger partial charge in [0, 0.05) is 29.0 Å². The number of rotatable bonds is 2. The van der Waals surface area contributed by atoms with Crippen molar-refractivity contribution in [2.45, 2.75) is 19.4 Å². The van der Waals surface area contributed by atoms with Crippen LogP contribution in [-0.4, -0.2) is 16.6 Å². The third-order valence-electron chi connectivity index (χ3n) is 3.21. The van der Waals surface area contributed by atoms with E-state index in [9.17, 15) is 4.39 Å². The first-order chi connectivity index (χ1) is 9.65. The SMILES string of the molecule is Fc1cccc(Cl)c1Cc1nc(Cl)c2c(n1)CCOC2. The van der Waals surface area contributed by atoms with Crippen LogP contribution in [0.3, 0.4) is 0 Å². The van der Waals surface area contributed by atoms with E-state index in [0.29, 0.717) is 41.2 Å². The molecule has 20 heavy (non-hydrogen) atoms. The van der Waals surface area contributed by atoms with Gasteiger partial charge in [0.1, 0.15) is 16.8 Å². The predicted octanol–water partition coefficient (Wildman–Crippen LogP) is 3.59. The van der Waals surface area contributed by atoms with Gasteiger partial charge < -0.3 is 4.74 Å². The van der Waals surface area contributed by atoms with Gasteiger partial charge in [0.05, 0.1) is 18.9 Å². The van der Waals surface area contributed by atoms with Crippen molar-refractivity contribution in [3.05, 3.63) is 56.8 Å². The molecule has 1 aliphatic heterocycles. The van der Waals surface area contributed by atoms with Crippen LogP contribution in [0, 0.1) is 5.82 Å². The molecule has 0 radical (unpaired) electrons. The maximum absolute atomic E-state index is 13.8. The Morgan fingerprint density at radius 1 is 1.25 bits per heavy atom.